The monoisotopic (exact) mass is 160 g/mol. The van der Waals surface area contributed by atoms with Crippen molar-refractivity contribution in [2.24, 2.45) is 0 Å². The third-order valence-corrected chi connectivity index (χ3v) is 0.727. The van der Waals surface area contributed by atoms with E-state index in [0.29, 0.717) is 0 Å². The average molecular weight is 161 g/mol. The average Bonchev–Trinajstić information content (AvgIpc) is 1.63. The number of halogens is 4. The van der Waals surface area contributed by atoms with Gasteiger partial charge < -0.3 is 0 Å². The summed E-state index contributed by atoms with van der Waals surface area (Å²) in [5, 5.41) is -1.22. The first-order valence-corrected chi connectivity index (χ1v) is 2.48. The number of carbonyl (C=O) groups is 1. The van der Waals surface area contributed by atoms with Crippen molar-refractivity contribution < 1.29 is 18.0 Å². The van der Waals surface area contributed by atoms with E-state index in [1.807, 2.05) is 0 Å². The minimum atomic E-state index is -3.58. The lowest BCUT2D eigenvalue weighted by molar-refractivity contribution is -0.119. The molecule has 54 valence electrons. The molecule has 0 aromatic heterocycles. The van der Waals surface area contributed by atoms with E-state index >= 15 is 0 Å². The highest BCUT2D eigenvalue weighted by Crippen LogP contribution is 2.19. The third-order valence-electron chi connectivity index (χ3n) is 0.593. The highest BCUT2D eigenvalue weighted by Gasteiger charge is 2.31. The first-order valence-electron chi connectivity index (χ1n) is 2.10. The molecule has 0 aromatic rings. The molecule has 9 heavy (non-hydrogen) atoms. The second-order valence-corrected chi connectivity index (χ2v) is 1.94. The normalized spacial score (nSPS) is 11.6. The molecule has 0 saturated carbocycles. The highest BCUT2D eigenvalue weighted by molar-refractivity contribution is 6.63. The molecular formula is C4H4ClF3O. The molecule has 0 unspecified atom stereocenters. The minimum absolute atomic E-state index is 1.22. The molecule has 1 nitrogen and oxygen atoms in total. The Kier molecular flexibility index (Phi) is 2.97. The molecule has 0 saturated heterocycles. The van der Waals surface area contributed by atoms with Gasteiger partial charge in [0.2, 0.25) is 5.24 Å². The van der Waals surface area contributed by atoms with Crippen LogP contribution in [0.2, 0.25) is 0 Å². The Bertz CT molecular complexity index is 114. The van der Waals surface area contributed by atoms with Crippen LogP contribution in [0.1, 0.15) is 6.42 Å². The second kappa shape index (κ2) is 3.06. The van der Waals surface area contributed by atoms with Crippen molar-refractivity contribution in [2.75, 3.05) is 6.67 Å². The molecule has 0 N–H and O–H groups in total. The summed E-state index contributed by atoms with van der Waals surface area (Å²) in [7, 11) is 0. The summed E-state index contributed by atoms with van der Waals surface area (Å²) in [4.78, 5) is 9.74. The lowest BCUT2D eigenvalue weighted by Crippen LogP contribution is -2.21. The lowest BCUT2D eigenvalue weighted by atomic mass is 10.3. The highest BCUT2D eigenvalue weighted by atomic mass is 35.5. The summed E-state index contributed by atoms with van der Waals surface area (Å²) in [6.45, 7) is -1.84. The molecule has 0 amide bonds. The molecular weight excluding hydrogens is 156 g/mol. The Morgan fingerprint density at radius 1 is 1.56 bits per heavy atom. The number of carbonyl (C=O) groups excluding carboxylic acids is 1. The first-order chi connectivity index (χ1) is 3.98. The van der Waals surface area contributed by atoms with Crippen molar-refractivity contribution in [1.82, 2.24) is 0 Å². The van der Waals surface area contributed by atoms with Gasteiger partial charge in [-0.15, -0.1) is 0 Å². The fraction of sp³-hybridized carbons (Fsp3) is 0.750. The van der Waals surface area contributed by atoms with Crippen molar-refractivity contribution in [2.45, 2.75) is 12.3 Å². The topological polar surface area (TPSA) is 17.1 Å². The molecule has 0 atom stereocenters. The molecule has 0 aromatic carbocycles. The first kappa shape index (κ1) is 8.75. The molecule has 0 aliphatic carbocycles. The molecule has 0 radical (unpaired) electrons. The SMILES string of the molecule is O=C(Cl)CC(F)(F)CF. The predicted molar refractivity (Wildman–Crippen MR) is 26.4 cm³/mol. The van der Waals surface area contributed by atoms with E-state index in [0.717, 1.165) is 0 Å². The quantitative estimate of drug-likeness (QED) is 0.575. The number of hydrogen-bond acceptors (Lipinski definition) is 1. The van der Waals surface area contributed by atoms with E-state index < -0.39 is 24.3 Å². The number of rotatable bonds is 3. The van der Waals surface area contributed by atoms with Crippen LogP contribution < -0.4 is 0 Å². The molecule has 0 bridgehead atoms. The summed E-state index contributed by atoms with van der Waals surface area (Å²) >= 11 is 4.56. The van der Waals surface area contributed by atoms with Gasteiger partial charge in [0.05, 0.1) is 6.42 Å². The van der Waals surface area contributed by atoms with Gasteiger partial charge in [-0.05, 0) is 11.6 Å². The molecule has 0 aliphatic heterocycles. The van der Waals surface area contributed by atoms with Gasteiger partial charge in [-0.25, -0.2) is 13.2 Å². The van der Waals surface area contributed by atoms with Crippen molar-refractivity contribution in [1.29, 1.82) is 0 Å². The van der Waals surface area contributed by atoms with Crippen molar-refractivity contribution >= 4 is 16.8 Å². The van der Waals surface area contributed by atoms with E-state index in [1.165, 1.54) is 0 Å². The summed E-state index contributed by atoms with van der Waals surface area (Å²) in [5.74, 6) is -3.58. The molecule has 0 heterocycles. The van der Waals surface area contributed by atoms with Crippen LogP contribution in [0.15, 0.2) is 0 Å². The Labute approximate surface area is 54.8 Å². The molecule has 0 rings (SSSR count). The van der Waals surface area contributed by atoms with Crippen LogP contribution in [0.3, 0.4) is 0 Å². The van der Waals surface area contributed by atoms with Gasteiger partial charge >= 0.3 is 0 Å². The fourth-order valence-corrected chi connectivity index (χ4v) is 0.446. The van der Waals surface area contributed by atoms with E-state index in [9.17, 15) is 18.0 Å². The van der Waals surface area contributed by atoms with Gasteiger partial charge in [-0.1, -0.05) is 0 Å². The largest absolute Gasteiger partial charge is 0.284 e. The van der Waals surface area contributed by atoms with Gasteiger partial charge in [-0.2, -0.15) is 0 Å². The summed E-state index contributed by atoms with van der Waals surface area (Å²) in [6.07, 6.45) is -1.23. The second-order valence-electron chi connectivity index (χ2n) is 1.52. The zero-order valence-corrected chi connectivity index (χ0v) is 5.09. The van der Waals surface area contributed by atoms with Crippen molar-refractivity contribution in [3.05, 3.63) is 0 Å². The lowest BCUT2D eigenvalue weighted by Gasteiger charge is -2.06. The Hall–Kier alpha value is -0.250. The van der Waals surface area contributed by atoms with Crippen LogP contribution >= 0.6 is 11.6 Å². The third kappa shape index (κ3) is 4.27. The van der Waals surface area contributed by atoms with Gasteiger partial charge in [0.25, 0.3) is 5.92 Å². The number of alkyl halides is 3. The fourth-order valence-electron chi connectivity index (χ4n) is 0.251. The van der Waals surface area contributed by atoms with Crippen molar-refractivity contribution in [3.63, 3.8) is 0 Å². The van der Waals surface area contributed by atoms with Crippen LogP contribution in [0, 0.1) is 0 Å². The van der Waals surface area contributed by atoms with Crippen LogP contribution in [0.25, 0.3) is 0 Å². The van der Waals surface area contributed by atoms with Crippen LogP contribution in [-0.2, 0) is 4.79 Å². The molecule has 5 heteroatoms. The standard InChI is InChI=1S/C4H4ClF3O/c5-3(9)1-4(7,8)2-6/h1-2H2. The van der Waals surface area contributed by atoms with Gasteiger partial charge in [0, 0.05) is 0 Å². The Morgan fingerprint density at radius 2 is 2.00 bits per heavy atom. The maximum absolute atomic E-state index is 11.7. The number of hydrogen-bond donors (Lipinski definition) is 0. The summed E-state index contributed by atoms with van der Waals surface area (Å²) in [5.41, 5.74) is 0. The van der Waals surface area contributed by atoms with Crippen molar-refractivity contribution in [3.8, 4) is 0 Å². The smallest absolute Gasteiger partial charge is 0.281 e. The van der Waals surface area contributed by atoms with E-state index in [1.54, 1.807) is 0 Å². The van der Waals surface area contributed by atoms with Gasteiger partial charge in [0.15, 0.2) is 6.67 Å². The van der Waals surface area contributed by atoms with Crippen LogP contribution in [0.4, 0.5) is 13.2 Å². The predicted octanol–water partition coefficient (Wildman–Crippen LogP) is 1.75. The summed E-state index contributed by atoms with van der Waals surface area (Å²) < 4.78 is 34.6. The zero-order valence-electron chi connectivity index (χ0n) is 4.33. The molecule has 0 aliphatic rings. The maximum Gasteiger partial charge on any atom is 0.284 e. The van der Waals surface area contributed by atoms with E-state index in [-0.39, 0.29) is 0 Å². The molecule has 0 spiro atoms. The Morgan fingerprint density at radius 3 is 2.11 bits per heavy atom. The zero-order chi connectivity index (χ0) is 7.49. The maximum atomic E-state index is 11.7. The summed E-state index contributed by atoms with van der Waals surface area (Å²) in [6, 6.07) is 0. The van der Waals surface area contributed by atoms with E-state index in [2.05, 4.69) is 11.6 Å². The molecule has 0 fully saturated rings. The van der Waals surface area contributed by atoms with Crippen LogP contribution in [-0.4, -0.2) is 17.8 Å². The Balaban J connectivity index is 3.71. The minimum Gasteiger partial charge on any atom is -0.281 e. The van der Waals surface area contributed by atoms with Gasteiger partial charge in [0.1, 0.15) is 0 Å². The van der Waals surface area contributed by atoms with Gasteiger partial charge in [-0.3, -0.25) is 4.79 Å². The van der Waals surface area contributed by atoms with E-state index in [4.69, 9.17) is 0 Å². The van der Waals surface area contributed by atoms with Crippen LogP contribution in [0.5, 0.6) is 0 Å².